The van der Waals surface area contributed by atoms with E-state index in [1.54, 1.807) is 56.3 Å². The lowest BCUT2D eigenvalue weighted by molar-refractivity contribution is 0.547. The Bertz CT molecular complexity index is 2050. The van der Waals surface area contributed by atoms with E-state index in [4.69, 9.17) is 0 Å². The molecule has 41 heavy (non-hydrogen) atoms. The number of fused-ring (bicyclic) bond motifs is 1. The van der Waals surface area contributed by atoms with Crippen molar-refractivity contribution in [2.75, 3.05) is 11.6 Å². The molecule has 214 valence electrons. The minimum atomic E-state index is -4.13. The van der Waals surface area contributed by atoms with E-state index in [0.29, 0.717) is 39.4 Å². The van der Waals surface area contributed by atoms with Crippen LogP contribution in [0.1, 0.15) is 31.4 Å². The standard InChI is InChI=1S/C28H26F2N4O5S2/c1-17-12-20(6-9-28(17,2)41(38,39)34-11-8-19-7-10-31-27(35)25(19)34)22-13-18(16-40(3,36)37)4-5-24(22)33-26-23(30)14-21(29)15-32-26/h4-8,10-15H,9,16H2,1-3H3,(H,31,35)(H,32,33). The molecule has 0 saturated heterocycles. The molecule has 0 saturated carbocycles. The van der Waals surface area contributed by atoms with Gasteiger partial charge < -0.3 is 10.3 Å². The lowest BCUT2D eigenvalue weighted by atomic mass is 9.86. The van der Waals surface area contributed by atoms with Gasteiger partial charge in [-0.3, -0.25) is 4.79 Å². The summed E-state index contributed by atoms with van der Waals surface area (Å²) in [4.78, 5) is 18.8. The van der Waals surface area contributed by atoms with E-state index in [1.807, 2.05) is 0 Å². The van der Waals surface area contributed by atoms with Crippen molar-refractivity contribution in [2.24, 2.45) is 0 Å². The zero-order chi connectivity index (χ0) is 29.7. The number of anilines is 2. The van der Waals surface area contributed by atoms with Gasteiger partial charge in [0.25, 0.3) is 5.56 Å². The number of rotatable bonds is 7. The van der Waals surface area contributed by atoms with Gasteiger partial charge >= 0.3 is 0 Å². The van der Waals surface area contributed by atoms with Gasteiger partial charge in [0.1, 0.15) is 16.1 Å². The number of hydrogen-bond donors (Lipinski definition) is 2. The van der Waals surface area contributed by atoms with Gasteiger partial charge in [-0.1, -0.05) is 18.2 Å². The summed E-state index contributed by atoms with van der Waals surface area (Å²) in [5.74, 6) is -2.25. The highest BCUT2D eigenvalue weighted by molar-refractivity contribution is 7.91. The summed E-state index contributed by atoms with van der Waals surface area (Å²) in [6.07, 6.45) is 8.15. The highest BCUT2D eigenvalue weighted by atomic mass is 32.2. The molecule has 3 aromatic heterocycles. The van der Waals surface area contributed by atoms with E-state index in [1.165, 1.54) is 12.4 Å². The number of hydrogen-bond acceptors (Lipinski definition) is 7. The molecule has 0 spiro atoms. The fourth-order valence-corrected chi connectivity index (χ4v) is 7.49. The number of halogens is 2. The third-order valence-corrected chi connectivity index (χ3v) is 10.5. The Morgan fingerprint density at radius 1 is 1.12 bits per heavy atom. The second-order valence-corrected chi connectivity index (χ2v) is 14.6. The molecule has 1 unspecified atom stereocenters. The zero-order valence-corrected chi connectivity index (χ0v) is 23.9. The predicted octanol–water partition coefficient (Wildman–Crippen LogP) is 4.66. The molecule has 0 aliphatic heterocycles. The van der Waals surface area contributed by atoms with Gasteiger partial charge in [0.2, 0.25) is 10.0 Å². The van der Waals surface area contributed by atoms with Crippen LogP contribution in [0.4, 0.5) is 20.3 Å². The molecule has 0 radical (unpaired) electrons. The largest absolute Gasteiger partial charge is 0.337 e. The monoisotopic (exact) mass is 600 g/mol. The summed E-state index contributed by atoms with van der Waals surface area (Å²) < 4.78 is 79.3. The van der Waals surface area contributed by atoms with Crippen LogP contribution in [-0.2, 0) is 25.6 Å². The number of nitrogens with zero attached hydrogens (tertiary/aromatic N) is 2. The fraction of sp³-hybridized carbons (Fsp3) is 0.214. The maximum atomic E-state index is 14.4. The van der Waals surface area contributed by atoms with E-state index in [-0.39, 0.29) is 23.5 Å². The van der Waals surface area contributed by atoms with Gasteiger partial charge in [0.15, 0.2) is 21.5 Å². The molecule has 4 aromatic rings. The van der Waals surface area contributed by atoms with Crippen molar-refractivity contribution in [1.29, 1.82) is 0 Å². The molecule has 1 aliphatic carbocycles. The molecular formula is C28H26F2N4O5S2. The maximum absolute atomic E-state index is 14.4. The van der Waals surface area contributed by atoms with Crippen molar-refractivity contribution in [3.8, 4) is 0 Å². The fourth-order valence-electron chi connectivity index (χ4n) is 4.86. The van der Waals surface area contributed by atoms with Crippen LogP contribution >= 0.6 is 0 Å². The molecule has 1 atom stereocenters. The van der Waals surface area contributed by atoms with Crippen molar-refractivity contribution >= 4 is 47.8 Å². The number of aromatic nitrogens is 3. The number of sulfone groups is 1. The highest BCUT2D eigenvalue weighted by Gasteiger charge is 2.43. The molecule has 1 aromatic carbocycles. The minimum absolute atomic E-state index is 0.0186. The molecule has 0 bridgehead atoms. The van der Waals surface area contributed by atoms with E-state index in [0.717, 1.165) is 16.4 Å². The predicted molar refractivity (Wildman–Crippen MR) is 154 cm³/mol. The second kappa shape index (κ2) is 10.1. The Morgan fingerprint density at radius 3 is 2.56 bits per heavy atom. The Labute approximate surface area is 235 Å². The third-order valence-electron chi connectivity index (χ3n) is 7.21. The number of nitrogens with one attached hydrogen (secondary N) is 2. The first kappa shape index (κ1) is 28.4. The van der Waals surface area contributed by atoms with Crippen LogP contribution in [0.15, 0.2) is 77.5 Å². The molecule has 5 rings (SSSR count). The molecule has 2 N–H and O–H groups in total. The molecular weight excluding hydrogens is 574 g/mol. The van der Waals surface area contributed by atoms with Gasteiger partial charge in [-0.25, -0.2) is 34.6 Å². The van der Waals surface area contributed by atoms with Crippen LogP contribution in [-0.4, -0.2) is 41.8 Å². The number of pyridine rings is 2. The van der Waals surface area contributed by atoms with Crippen molar-refractivity contribution < 1.29 is 25.6 Å². The van der Waals surface area contributed by atoms with Gasteiger partial charge in [0.05, 0.1) is 11.9 Å². The molecule has 9 nitrogen and oxygen atoms in total. The van der Waals surface area contributed by atoms with Gasteiger partial charge in [-0.15, -0.1) is 0 Å². The van der Waals surface area contributed by atoms with Gasteiger partial charge in [-0.05, 0) is 61.2 Å². The van der Waals surface area contributed by atoms with Crippen molar-refractivity contribution in [2.45, 2.75) is 30.8 Å². The van der Waals surface area contributed by atoms with Crippen LogP contribution < -0.4 is 10.9 Å². The Balaban J connectivity index is 1.58. The summed E-state index contributed by atoms with van der Waals surface area (Å²) in [6, 6.07) is 8.61. The summed E-state index contributed by atoms with van der Waals surface area (Å²) in [7, 11) is -7.51. The van der Waals surface area contributed by atoms with Crippen molar-refractivity contribution in [3.05, 3.63) is 106 Å². The summed E-state index contributed by atoms with van der Waals surface area (Å²) in [5.41, 5.74) is 1.80. The number of aromatic amines is 1. The van der Waals surface area contributed by atoms with Crippen LogP contribution in [0.5, 0.6) is 0 Å². The summed E-state index contributed by atoms with van der Waals surface area (Å²) in [6.45, 7) is 3.23. The average molecular weight is 601 g/mol. The topological polar surface area (TPSA) is 131 Å². The smallest absolute Gasteiger partial charge is 0.273 e. The quantitative estimate of drug-likeness (QED) is 0.315. The summed E-state index contributed by atoms with van der Waals surface area (Å²) in [5, 5.41) is 3.32. The lowest BCUT2D eigenvalue weighted by Crippen LogP contribution is -2.41. The number of H-pyrrole nitrogens is 1. The lowest BCUT2D eigenvalue weighted by Gasteiger charge is -2.33. The number of allylic oxidation sites excluding steroid dienone is 3. The first-order valence-corrected chi connectivity index (χ1v) is 15.9. The first-order valence-electron chi connectivity index (χ1n) is 12.4. The molecule has 0 amide bonds. The van der Waals surface area contributed by atoms with Gasteiger partial charge in [0, 0.05) is 41.4 Å². The van der Waals surface area contributed by atoms with E-state index >= 15 is 0 Å². The molecule has 0 fully saturated rings. The van der Waals surface area contributed by atoms with Crippen LogP contribution in [0.2, 0.25) is 0 Å². The minimum Gasteiger partial charge on any atom is -0.337 e. The van der Waals surface area contributed by atoms with E-state index < -0.39 is 41.8 Å². The first-order chi connectivity index (χ1) is 19.2. The van der Waals surface area contributed by atoms with Gasteiger partial charge in [-0.2, -0.15) is 0 Å². The molecule has 3 heterocycles. The van der Waals surface area contributed by atoms with Crippen molar-refractivity contribution in [1.82, 2.24) is 13.9 Å². The summed E-state index contributed by atoms with van der Waals surface area (Å²) >= 11 is 0. The molecule has 1 aliphatic rings. The SMILES string of the molecule is CC1=CC(c2cc(CS(C)(=O)=O)ccc2Nc2ncc(F)cc2F)=CCC1(C)S(=O)(=O)n1ccc2cc[nH]c(=O)c21. The van der Waals surface area contributed by atoms with Crippen molar-refractivity contribution in [3.63, 3.8) is 0 Å². The molecule has 13 heteroatoms. The Hall–Kier alpha value is -4.10. The third kappa shape index (κ3) is 5.22. The van der Waals surface area contributed by atoms with E-state index in [2.05, 4.69) is 15.3 Å². The van der Waals surface area contributed by atoms with Crippen LogP contribution in [0.3, 0.4) is 0 Å². The maximum Gasteiger partial charge on any atom is 0.273 e. The highest BCUT2D eigenvalue weighted by Crippen LogP contribution is 2.41. The Kier molecular flexibility index (Phi) is 6.98. The van der Waals surface area contributed by atoms with Crippen LogP contribution in [0.25, 0.3) is 16.5 Å². The number of benzene rings is 1. The zero-order valence-electron chi connectivity index (χ0n) is 22.3. The van der Waals surface area contributed by atoms with Crippen LogP contribution in [0, 0.1) is 11.6 Å². The second-order valence-electron chi connectivity index (χ2n) is 10.2. The Morgan fingerprint density at radius 2 is 1.88 bits per heavy atom. The van der Waals surface area contributed by atoms with E-state index in [9.17, 15) is 30.4 Å². The average Bonchev–Trinajstić information content (AvgIpc) is 3.34. The normalized spacial score (nSPS) is 17.8.